The quantitative estimate of drug-likeness (QED) is 0.312. The van der Waals surface area contributed by atoms with Gasteiger partial charge in [0.1, 0.15) is 0 Å². The molecule has 0 saturated carbocycles. The molecule has 2 heterocycles. The van der Waals surface area contributed by atoms with Crippen LogP contribution in [0.15, 0.2) is 4.99 Å². The van der Waals surface area contributed by atoms with Crippen LogP contribution in [0.25, 0.3) is 0 Å². The second kappa shape index (κ2) is 9.92. The van der Waals surface area contributed by atoms with Gasteiger partial charge in [-0.3, -0.25) is 4.99 Å². The Morgan fingerprint density at radius 3 is 2.30 bits per heavy atom. The van der Waals surface area contributed by atoms with Crippen LogP contribution in [0.1, 0.15) is 26.7 Å². The highest BCUT2D eigenvalue weighted by atomic mass is 127. The molecule has 0 amide bonds. The molecule has 27 heavy (non-hydrogen) atoms. The summed E-state index contributed by atoms with van der Waals surface area (Å²) in [6.07, 6.45) is 0.764. The number of piperidine rings is 1. The number of halogens is 4. The van der Waals surface area contributed by atoms with Crippen molar-refractivity contribution in [3.63, 3.8) is 0 Å². The van der Waals surface area contributed by atoms with Gasteiger partial charge in [0.2, 0.25) is 0 Å². The second-order valence-electron chi connectivity index (χ2n) is 7.17. The first kappa shape index (κ1) is 24.7. The molecule has 0 aromatic heterocycles. The van der Waals surface area contributed by atoms with Gasteiger partial charge in [-0.2, -0.15) is 17.5 Å². The molecule has 2 aliphatic heterocycles. The Morgan fingerprint density at radius 1 is 1.26 bits per heavy atom. The van der Waals surface area contributed by atoms with Crippen molar-refractivity contribution in [1.82, 2.24) is 14.9 Å². The molecule has 0 aromatic rings. The zero-order valence-corrected chi connectivity index (χ0v) is 18.7. The van der Waals surface area contributed by atoms with Crippen LogP contribution in [-0.4, -0.2) is 70.1 Å². The zero-order chi connectivity index (χ0) is 19.4. The minimum atomic E-state index is -5.23. The van der Waals surface area contributed by atoms with Gasteiger partial charge >= 0.3 is 15.5 Å². The molecule has 0 unspecified atom stereocenters. The largest absolute Gasteiger partial charge is 0.511 e. The maximum absolute atomic E-state index is 12.6. The number of nitrogens with one attached hydrogen (secondary N) is 2. The predicted molar refractivity (Wildman–Crippen MR) is 108 cm³/mol. The van der Waals surface area contributed by atoms with E-state index in [2.05, 4.69) is 22.5 Å². The van der Waals surface area contributed by atoms with Crippen molar-refractivity contribution in [1.29, 1.82) is 0 Å². The number of hydrogen-bond donors (Lipinski definition) is 2. The van der Waals surface area contributed by atoms with Crippen molar-refractivity contribution in [2.45, 2.75) is 32.2 Å². The predicted octanol–water partition coefficient (Wildman–Crippen LogP) is 1.76. The van der Waals surface area contributed by atoms with Crippen molar-refractivity contribution in [3.8, 4) is 0 Å². The summed E-state index contributed by atoms with van der Waals surface area (Å²) in [5.74, 6) is 0.757. The van der Waals surface area contributed by atoms with Gasteiger partial charge in [0.25, 0.3) is 0 Å². The highest BCUT2D eigenvalue weighted by molar-refractivity contribution is 14.0. The van der Waals surface area contributed by atoms with Crippen molar-refractivity contribution in [3.05, 3.63) is 0 Å². The van der Waals surface area contributed by atoms with Gasteiger partial charge < -0.3 is 15.4 Å². The van der Waals surface area contributed by atoms with E-state index in [1.54, 1.807) is 0 Å². The standard InChI is InChI=1S/C15H27F3N4O3S.HI/c1-3-19-13(21-9-14(2)10-25-11-14)20-8-12-4-6-22(7-5-12)26(23,24)15(16,17)18;/h12H,3-11H2,1-2H3,(H2,19,20,21);1H. The maximum atomic E-state index is 12.6. The van der Waals surface area contributed by atoms with Gasteiger partial charge in [-0.05, 0) is 25.7 Å². The molecule has 2 fully saturated rings. The number of aliphatic imine (C=N–C) groups is 1. The molecule has 12 heteroatoms. The van der Waals surface area contributed by atoms with Crippen LogP contribution in [0.4, 0.5) is 13.2 Å². The van der Waals surface area contributed by atoms with E-state index in [0.717, 1.165) is 0 Å². The monoisotopic (exact) mass is 528 g/mol. The SMILES string of the molecule is CCNC(=NCC1(C)COC1)NCC1CCN(S(=O)(=O)C(F)(F)F)CC1.I. The van der Waals surface area contributed by atoms with E-state index in [1.165, 1.54) is 0 Å². The molecule has 2 rings (SSSR count). The summed E-state index contributed by atoms with van der Waals surface area (Å²) in [4.78, 5) is 4.54. The lowest BCUT2D eigenvalue weighted by atomic mass is 9.89. The Kier molecular flexibility index (Phi) is 9.07. The first-order chi connectivity index (χ1) is 12.1. The Labute approximate surface area is 175 Å². The van der Waals surface area contributed by atoms with Crippen molar-refractivity contribution in [2.75, 3.05) is 45.9 Å². The Hall–Kier alpha value is -0.340. The lowest BCUT2D eigenvalue weighted by Gasteiger charge is -2.36. The number of ether oxygens (including phenoxy) is 1. The number of rotatable bonds is 6. The average Bonchev–Trinajstić information content (AvgIpc) is 2.55. The minimum Gasteiger partial charge on any atom is -0.380 e. The second-order valence-corrected chi connectivity index (χ2v) is 9.10. The van der Waals surface area contributed by atoms with E-state index < -0.39 is 15.5 Å². The van der Waals surface area contributed by atoms with Crippen LogP contribution < -0.4 is 10.6 Å². The highest BCUT2D eigenvalue weighted by Crippen LogP contribution is 2.30. The molecule has 2 saturated heterocycles. The van der Waals surface area contributed by atoms with E-state index in [-0.39, 0.29) is 48.4 Å². The summed E-state index contributed by atoms with van der Waals surface area (Å²) in [5, 5.41) is 6.34. The number of nitrogens with zero attached hydrogens (tertiary/aromatic N) is 2. The first-order valence-electron chi connectivity index (χ1n) is 8.74. The van der Waals surface area contributed by atoms with E-state index in [4.69, 9.17) is 4.74 Å². The van der Waals surface area contributed by atoms with Crippen LogP contribution >= 0.6 is 24.0 Å². The lowest BCUT2D eigenvalue weighted by Crippen LogP contribution is -2.48. The number of alkyl halides is 3. The summed E-state index contributed by atoms with van der Waals surface area (Å²) in [7, 11) is -5.22. The van der Waals surface area contributed by atoms with Crippen LogP contribution in [0.2, 0.25) is 0 Å². The lowest BCUT2D eigenvalue weighted by molar-refractivity contribution is -0.0945. The molecule has 2 aliphatic rings. The van der Waals surface area contributed by atoms with Gasteiger partial charge in [-0.15, -0.1) is 24.0 Å². The fourth-order valence-corrected chi connectivity index (χ4v) is 3.88. The van der Waals surface area contributed by atoms with Gasteiger partial charge in [0.05, 0.1) is 19.8 Å². The number of hydrogen-bond acceptors (Lipinski definition) is 4. The van der Waals surface area contributed by atoms with Crippen LogP contribution in [0, 0.1) is 11.3 Å². The molecule has 0 aliphatic carbocycles. The zero-order valence-electron chi connectivity index (χ0n) is 15.5. The molecule has 0 bridgehead atoms. The third-order valence-corrected chi connectivity index (χ3v) is 6.26. The Morgan fingerprint density at radius 2 is 1.85 bits per heavy atom. The summed E-state index contributed by atoms with van der Waals surface area (Å²) in [6.45, 7) is 7.05. The molecule has 160 valence electrons. The topological polar surface area (TPSA) is 83.0 Å². The Balaban J connectivity index is 0.00000364. The summed E-state index contributed by atoms with van der Waals surface area (Å²) in [5.41, 5.74) is -5.18. The minimum absolute atomic E-state index is 0. The van der Waals surface area contributed by atoms with Crippen LogP contribution in [-0.2, 0) is 14.8 Å². The van der Waals surface area contributed by atoms with Crippen molar-refractivity contribution >= 4 is 40.0 Å². The molecule has 7 nitrogen and oxygen atoms in total. The third kappa shape index (κ3) is 6.60. The smallest absolute Gasteiger partial charge is 0.380 e. The molecular formula is C15H28F3IN4O3S. The molecule has 2 N–H and O–H groups in total. The van der Waals surface area contributed by atoms with Crippen LogP contribution in [0.5, 0.6) is 0 Å². The normalized spacial score (nSPS) is 21.9. The molecular weight excluding hydrogens is 500 g/mol. The molecule has 0 aromatic carbocycles. The van der Waals surface area contributed by atoms with Crippen molar-refractivity contribution in [2.24, 2.45) is 16.3 Å². The van der Waals surface area contributed by atoms with Gasteiger partial charge in [-0.1, -0.05) is 6.92 Å². The average molecular weight is 528 g/mol. The fraction of sp³-hybridized carbons (Fsp3) is 0.933. The summed E-state index contributed by atoms with van der Waals surface area (Å²) in [6, 6.07) is 0. The highest BCUT2D eigenvalue weighted by Gasteiger charge is 2.50. The number of sulfonamides is 1. The van der Waals surface area contributed by atoms with Crippen molar-refractivity contribution < 1.29 is 26.3 Å². The van der Waals surface area contributed by atoms with E-state index in [1.807, 2.05) is 6.92 Å². The Bertz CT molecular complexity index is 604. The fourth-order valence-electron chi connectivity index (χ4n) is 2.89. The van der Waals surface area contributed by atoms with Gasteiger partial charge in [-0.25, -0.2) is 8.42 Å². The molecule has 0 radical (unpaired) electrons. The van der Waals surface area contributed by atoms with E-state index >= 15 is 0 Å². The number of guanidine groups is 1. The maximum Gasteiger partial charge on any atom is 0.511 e. The van der Waals surface area contributed by atoms with Crippen LogP contribution in [0.3, 0.4) is 0 Å². The first-order valence-corrected chi connectivity index (χ1v) is 10.2. The van der Waals surface area contributed by atoms with Gasteiger partial charge in [0, 0.05) is 31.6 Å². The van der Waals surface area contributed by atoms with E-state index in [9.17, 15) is 21.6 Å². The third-order valence-electron chi connectivity index (χ3n) is 4.63. The summed E-state index contributed by atoms with van der Waals surface area (Å²) < 4.78 is 66.4. The van der Waals surface area contributed by atoms with E-state index in [0.29, 0.717) is 56.0 Å². The summed E-state index contributed by atoms with van der Waals surface area (Å²) >= 11 is 0. The molecule has 0 spiro atoms. The molecule has 0 atom stereocenters. The van der Waals surface area contributed by atoms with Gasteiger partial charge in [0.15, 0.2) is 5.96 Å².